The van der Waals surface area contributed by atoms with E-state index in [1.165, 1.54) is 11.8 Å². The van der Waals surface area contributed by atoms with E-state index in [9.17, 15) is 4.79 Å². The van der Waals surface area contributed by atoms with Crippen LogP contribution in [0.25, 0.3) is 0 Å². The van der Waals surface area contributed by atoms with E-state index < -0.39 is 0 Å². The lowest BCUT2D eigenvalue weighted by atomic mass is 10.5. The maximum atomic E-state index is 11.6. The molecule has 7 nitrogen and oxygen atoms in total. The topological polar surface area (TPSA) is 88.5 Å². The molecule has 0 saturated heterocycles. The molecule has 0 bridgehead atoms. The fourth-order valence-electron chi connectivity index (χ4n) is 1.76. The van der Waals surface area contributed by atoms with Crippen molar-refractivity contribution in [2.75, 3.05) is 11.9 Å². The molecule has 8 heteroatoms. The van der Waals surface area contributed by atoms with Crippen molar-refractivity contribution in [3.8, 4) is 0 Å². The molecule has 2 heterocycles. The van der Waals surface area contributed by atoms with Gasteiger partial charge in [0.2, 0.25) is 0 Å². The van der Waals surface area contributed by atoms with Crippen LogP contribution in [0.4, 0.5) is 5.82 Å². The number of hydrogen-bond donors (Lipinski definition) is 2. The maximum absolute atomic E-state index is 11.6. The van der Waals surface area contributed by atoms with Gasteiger partial charge in [-0.2, -0.15) is 0 Å². The molecule has 108 valence electrons. The first-order valence-electron chi connectivity index (χ1n) is 6.56. The molecule has 0 aromatic carbocycles. The molecule has 0 amide bonds. The van der Waals surface area contributed by atoms with Crippen molar-refractivity contribution in [2.24, 2.45) is 0 Å². The van der Waals surface area contributed by atoms with E-state index in [2.05, 4.69) is 25.5 Å². The van der Waals surface area contributed by atoms with Crippen molar-refractivity contribution in [1.82, 2.24) is 24.7 Å². The van der Waals surface area contributed by atoms with Crippen LogP contribution in [0.2, 0.25) is 0 Å². The summed E-state index contributed by atoms with van der Waals surface area (Å²) in [5, 5.41) is 11.1. The van der Waals surface area contributed by atoms with Gasteiger partial charge in [-0.15, -0.1) is 5.10 Å². The summed E-state index contributed by atoms with van der Waals surface area (Å²) in [6, 6.07) is 1.86. The molecule has 0 fully saturated rings. The summed E-state index contributed by atoms with van der Waals surface area (Å²) >= 11 is 1.36. The molecule has 2 rings (SSSR count). The zero-order valence-electron chi connectivity index (χ0n) is 11.8. The van der Waals surface area contributed by atoms with Gasteiger partial charge in [0.05, 0.1) is 0 Å². The van der Waals surface area contributed by atoms with Crippen LogP contribution in [-0.4, -0.2) is 31.3 Å². The zero-order chi connectivity index (χ0) is 14.5. The molecule has 0 spiro atoms. The number of aromatic amines is 1. The number of H-pyrrole nitrogens is 1. The second-order valence-electron chi connectivity index (χ2n) is 4.23. The van der Waals surface area contributed by atoms with Crippen molar-refractivity contribution < 1.29 is 0 Å². The highest BCUT2D eigenvalue weighted by atomic mass is 32.2. The highest BCUT2D eigenvalue weighted by molar-refractivity contribution is 7.99. The Bertz CT molecular complexity index is 635. The van der Waals surface area contributed by atoms with Crippen molar-refractivity contribution in [3.63, 3.8) is 0 Å². The summed E-state index contributed by atoms with van der Waals surface area (Å²) in [4.78, 5) is 20.3. The summed E-state index contributed by atoms with van der Waals surface area (Å²) < 4.78 is 1.62. The zero-order valence-corrected chi connectivity index (χ0v) is 12.6. The molecule has 2 N–H and O–H groups in total. The van der Waals surface area contributed by atoms with Crippen LogP contribution >= 0.6 is 11.8 Å². The Balaban J connectivity index is 2.27. The monoisotopic (exact) mass is 294 g/mol. The minimum absolute atomic E-state index is 0.188. The van der Waals surface area contributed by atoms with Gasteiger partial charge in [0, 0.05) is 19.2 Å². The second kappa shape index (κ2) is 6.56. The fourth-order valence-corrected chi connectivity index (χ4v) is 2.67. The standard InChI is InChI=1S/C12H18N6OS/c1-4-6-18-11(19)16-17-12(18)20-10-7-9(13-5-2)14-8(3)15-10/h7H,4-6H2,1-3H3,(H,16,19)(H,13,14,15). The minimum atomic E-state index is -0.188. The molecule has 0 aliphatic rings. The quantitative estimate of drug-likeness (QED) is 0.788. The highest BCUT2D eigenvalue weighted by Crippen LogP contribution is 2.25. The second-order valence-corrected chi connectivity index (χ2v) is 5.22. The third-order valence-electron chi connectivity index (χ3n) is 2.54. The Hall–Kier alpha value is -1.83. The normalized spacial score (nSPS) is 10.8. The van der Waals surface area contributed by atoms with Gasteiger partial charge in [-0.25, -0.2) is 19.9 Å². The SMILES string of the molecule is CCCn1c(Sc2cc(NCC)nc(C)n2)n[nH]c1=O. The Labute approximate surface area is 121 Å². The molecule has 20 heavy (non-hydrogen) atoms. The van der Waals surface area contributed by atoms with Crippen LogP contribution in [0.3, 0.4) is 0 Å². The minimum Gasteiger partial charge on any atom is -0.370 e. The van der Waals surface area contributed by atoms with Gasteiger partial charge < -0.3 is 5.32 Å². The first-order chi connectivity index (χ1) is 9.63. The van der Waals surface area contributed by atoms with Gasteiger partial charge in [0.25, 0.3) is 0 Å². The van der Waals surface area contributed by atoms with Gasteiger partial charge in [-0.3, -0.25) is 4.57 Å². The number of nitrogens with zero attached hydrogens (tertiary/aromatic N) is 4. The first-order valence-corrected chi connectivity index (χ1v) is 7.38. The van der Waals surface area contributed by atoms with Gasteiger partial charge in [0.1, 0.15) is 16.7 Å². The average molecular weight is 294 g/mol. The molecule has 2 aromatic rings. The molecule has 0 saturated carbocycles. The number of aryl methyl sites for hydroxylation is 1. The molecule has 0 radical (unpaired) electrons. The number of hydrogen-bond acceptors (Lipinski definition) is 6. The third kappa shape index (κ3) is 3.38. The molecule has 0 aliphatic carbocycles. The summed E-state index contributed by atoms with van der Waals surface area (Å²) in [5.74, 6) is 1.47. The first kappa shape index (κ1) is 14.6. The average Bonchev–Trinajstić information content (AvgIpc) is 2.72. The Kier molecular flexibility index (Phi) is 4.78. The summed E-state index contributed by atoms with van der Waals surface area (Å²) in [6.07, 6.45) is 0.873. The number of nitrogens with one attached hydrogen (secondary N) is 2. The molecular weight excluding hydrogens is 276 g/mol. The molecule has 0 atom stereocenters. The van der Waals surface area contributed by atoms with E-state index in [4.69, 9.17) is 0 Å². The Morgan fingerprint density at radius 3 is 2.90 bits per heavy atom. The van der Waals surface area contributed by atoms with Gasteiger partial charge in [0.15, 0.2) is 5.16 Å². The van der Waals surface area contributed by atoms with Gasteiger partial charge in [-0.1, -0.05) is 6.92 Å². The lowest BCUT2D eigenvalue weighted by Crippen LogP contribution is -2.17. The fraction of sp³-hybridized carbons (Fsp3) is 0.500. The van der Waals surface area contributed by atoms with Crippen molar-refractivity contribution in [3.05, 3.63) is 22.4 Å². The summed E-state index contributed by atoms with van der Waals surface area (Å²) in [7, 11) is 0. The number of anilines is 1. The van der Waals surface area contributed by atoms with Crippen LogP contribution in [0.15, 0.2) is 21.0 Å². The number of rotatable bonds is 6. The lowest BCUT2D eigenvalue weighted by molar-refractivity contribution is 0.603. The van der Waals surface area contributed by atoms with Crippen LogP contribution in [0.1, 0.15) is 26.1 Å². The molecule has 0 aliphatic heterocycles. The van der Waals surface area contributed by atoms with E-state index >= 15 is 0 Å². The molecule has 0 unspecified atom stereocenters. The van der Waals surface area contributed by atoms with E-state index in [0.717, 1.165) is 23.8 Å². The predicted molar refractivity (Wildman–Crippen MR) is 78.2 cm³/mol. The van der Waals surface area contributed by atoms with Crippen molar-refractivity contribution in [1.29, 1.82) is 0 Å². The predicted octanol–water partition coefficient (Wildman–Crippen LogP) is 1.66. The smallest absolute Gasteiger partial charge is 0.343 e. The molecular formula is C12H18N6OS. The maximum Gasteiger partial charge on any atom is 0.343 e. The van der Waals surface area contributed by atoms with Crippen LogP contribution in [-0.2, 0) is 6.54 Å². The van der Waals surface area contributed by atoms with Crippen molar-refractivity contribution >= 4 is 17.6 Å². The van der Waals surface area contributed by atoms with Crippen LogP contribution in [0.5, 0.6) is 0 Å². The van der Waals surface area contributed by atoms with E-state index in [0.29, 0.717) is 17.5 Å². The van der Waals surface area contributed by atoms with Crippen LogP contribution < -0.4 is 11.0 Å². The van der Waals surface area contributed by atoms with E-state index in [1.54, 1.807) is 4.57 Å². The third-order valence-corrected chi connectivity index (χ3v) is 3.45. The van der Waals surface area contributed by atoms with Crippen molar-refractivity contribution in [2.45, 2.75) is 43.9 Å². The largest absolute Gasteiger partial charge is 0.370 e. The number of aromatic nitrogens is 5. The van der Waals surface area contributed by atoms with E-state index in [-0.39, 0.29) is 5.69 Å². The van der Waals surface area contributed by atoms with E-state index in [1.807, 2.05) is 26.8 Å². The van der Waals surface area contributed by atoms with Gasteiger partial charge in [-0.05, 0) is 32.0 Å². The lowest BCUT2D eigenvalue weighted by Gasteiger charge is -2.07. The van der Waals surface area contributed by atoms with Crippen LogP contribution in [0, 0.1) is 6.92 Å². The Morgan fingerprint density at radius 1 is 1.40 bits per heavy atom. The highest BCUT2D eigenvalue weighted by Gasteiger charge is 2.11. The summed E-state index contributed by atoms with van der Waals surface area (Å²) in [5.41, 5.74) is -0.188. The Morgan fingerprint density at radius 2 is 2.20 bits per heavy atom. The summed E-state index contributed by atoms with van der Waals surface area (Å²) in [6.45, 7) is 7.31. The molecule has 2 aromatic heterocycles. The van der Waals surface area contributed by atoms with Gasteiger partial charge >= 0.3 is 5.69 Å².